The van der Waals surface area contributed by atoms with Crippen LogP contribution in [0.15, 0.2) is 53.8 Å². The molecule has 0 saturated carbocycles. The summed E-state index contributed by atoms with van der Waals surface area (Å²) in [6, 6.07) is 9.10. The van der Waals surface area contributed by atoms with Crippen molar-refractivity contribution in [1.82, 2.24) is 19.5 Å². The molecule has 0 aliphatic carbocycles. The van der Waals surface area contributed by atoms with Gasteiger partial charge in [-0.1, -0.05) is 0 Å². The van der Waals surface area contributed by atoms with E-state index in [2.05, 4.69) is 20.3 Å². The molecular weight excluding hydrogens is 313 g/mol. The number of hydrogen-bond donors (Lipinski definition) is 1. The van der Waals surface area contributed by atoms with Gasteiger partial charge in [0.15, 0.2) is 0 Å². The molecule has 4 heterocycles. The summed E-state index contributed by atoms with van der Waals surface area (Å²) in [5.41, 5.74) is 1.93. The van der Waals surface area contributed by atoms with Crippen LogP contribution >= 0.6 is 12.1 Å². The maximum atomic E-state index is 12.7. The fourth-order valence-electron chi connectivity index (χ4n) is 2.64. The molecule has 23 heavy (non-hydrogen) atoms. The lowest BCUT2D eigenvalue weighted by molar-refractivity contribution is 0.933. The van der Waals surface area contributed by atoms with Gasteiger partial charge >= 0.3 is 0 Å². The van der Waals surface area contributed by atoms with Gasteiger partial charge in [0.05, 0.1) is 17.7 Å². The van der Waals surface area contributed by atoms with Gasteiger partial charge in [-0.15, -0.1) is 0 Å². The third-order valence-electron chi connectivity index (χ3n) is 3.72. The van der Waals surface area contributed by atoms with Crippen molar-refractivity contribution >= 4 is 45.7 Å². The van der Waals surface area contributed by atoms with Crippen molar-refractivity contribution in [3.8, 4) is 0 Å². The molecule has 0 amide bonds. The van der Waals surface area contributed by atoms with Crippen molar-refractivity contribution in [2.75, 3.05) is 5.32 Å². The van der Waals surface area contributed by atoms with Gasteiger partial charge in [0, 0.05) is 41.3 Å². The molecule has 5 nitrogen and oxygen atoms in total. The van der Waals surface area contributed by atoms with E-state index in [1.807, 2.05) is 36.0 Å². The monoisotopic (exact) mass is 325 g/mol. The molecule has 1 N–H and O–H groups in total. The Hall–Kier alpha value is -2.67. The largest absolute Gasteiger partial charge is 0.328 e. The lowest BCUT2D eigenvalue weighted by Gasteiger charge is -2.06. The van der Waals surface area contributed by atoms with Crippen molar-refractivity contribution in [1.29, 1.82) is 0 Å². The predicted molar refractivity (Wildman–Crippen MR) is 90.5 cm³/mol. The standard InChI is InChI=1S/C16H12FN5S/c1-22-13-5-6-18-9-12(13)11-2-3-14(21-16(11)22)20-15-8-10(23-17)4-7-19-15/h2-9H,1H3,(H,19,20,21). The number of pyridine rings is 3. The van der Waals surface area contributed by atoms with Gasteiger partial charge in [-0.25, -0.2) is 9.97 Å². The lowest BCUT2D eigenvalue weighted by atomic mass is 10.2. The number of halogens is 1. The van der Waals surface area contributed by atoms with Crippen molar-refractivity contribution < 1.29 is 3.89 Å². The Bertz CT molecular complexity index is 1010. The first kappa shape index (κ1) is 14.0. The molecule has 0 radical (unpaired) electrons. The molecule has 0 fully saturated rings. The summed E-state index contributed by atoms with van der Waals surface area (Å²) in [6.45, 7) is 0. The van der Waals surface area contributed by atoms with E-state index >= 15 is 0 Å². The number of anilines is 2. The minimum absolute atomic E-state index is 0.190. The predicted octanol–water partition coefficient (Wildman–Crippen LogP) is 4.24. The van der Waals surface area contributed by atoms with Crippen LogP contribution in [0.2, 0.25) is 0 Å². The Morgan fingerprint density at radius 3 is 2.87 bits per heavy atom. The maximum absolute atomic E-state index is 12.7. The van der Waals surface area contributed by atoms with Crippen LogP contribution in [0, 0.1) is 0 Å². The number of fused-ring (bicyclic) bond motifs is 3. The third-order valence-corrected chi connectivity index (χ3v) is 4.15. The summed E-state index contributed by atoms with van der Waals surface area (Å²) >= 11 is 0.190. The fraction of sp³-hybridized carbons (Fsp3) is 0.0625. The lowest BCUT2D eigenvalue weighted by Crippen LogP contribution is -1.97. The van der Waals surface area contributed by atoms with Crippen molar-refractivity contribution in [2.45, 2.75) is 4.90 Å². The van der Waals surface area contributed by atoms with Crippen LogP contribution in [0.5, 0.6) is 0 Å². The van der Waals surface area contributed by atoms with Crippen LogP contribution in [-0.4, -0.2) is 19.5 Å². The zero-order valence-electron chi connectivity index (χ0n) is 12.2. The first-order valence-corrected chi connectivity index (χ1v) is 7.69. The molecule has 7 heteroatoms. The Labute approximate surface area is 135 Å². The summed E-state index contributed by atoms with van der Waals surface area (Å²) in [6.07, 6.45) is 5.17. The van der Waals surface area contributed by atoms with Crippen molar-refractivity contribution in [3.63, 3.8) is 0 Å². The topological polar surface area (TPSA) is 55.6 Å². The zero-order valence-corrected chi connectivity index (χ0v) is 13.0. The average molecular weight is 325 g/mol. The van der Waals surface area contributed by atoms with Gasteiger partial charge in [0.1, 0.15) is 17.3 Å². The summed E-state index contributed by atoms with van der Waals surface area (Å²) in [5, 5.41) is 5.22. The van der Waals surface area contributed by atoms with Crippen LogP contribution in [0.25, 0.3) is 21.9 Å². The second kappa shape index (κ2) is 5.51. The Kier molecular flexibility index (Phi) is 3.34. The second-order valence-electron chi connectivity index (χ2n) is 5.10. The fourth-order valence-corrected chi connectivity index (χ4v) is 2.91. The summed E-state index contributed by atoms with van der Waals surface area (Å²) < 4.78 is 14.7. The molecule has 114 valence electrons. The van der Waals surface area contributed by atoms with Gasteiger partial charge in [-0.3, -0.25) is 4.98 Å². The molecule has 4 aromatic heterocycles. The van der Waals surface area contributed by atoms with Crippen LogP contribution in [0.4, 0.5) is 15.5 Å². The molecule has 0 bridgehead atoms. The molecular formula is C16H12FN5S. The summed E-state index contributed by atoms with van der Waals surface area (Å²) in [4.78, 5) is 13.5. The highest BCUT2D eigenvalue weighted by Crippen LogP contribution is 2.28. The number of nitrogens with zero attached hydrogens (tertiary/aromatic N) is 4. The van der Waals surface area contributed by atoms with Crippen LogP contribution in [-0.2, 0) is 7.05 Å². The number of aryl methyl sites for hydroxylation is 1. The molecule has 0 aliphatic rings. The quantitative estimate of drug-likeness (QED) is 0.610. The van der Waals surface area contributed by atoms with Gasteiger partial charge in [-0.2, -0.15) is 3.89 Å². The molecule has 0 aromatic carbocycles. The highest BCUT2D eigenvalue weighted by atomic mass is 32.2. The van der Waals surface area contributed by atoms with Crippen LogP contribution in [0.1, 0.15) is 0 Å². The van der Waals surface area contributed by atoms with E-state index in [-0.39, 0.29) is 12.1 Å². The van der Waals surface area contributed by atoms with Gasteiger partial charge in [0.25, 0.3) is 0 Å². The second-order valence-corrected chi connectivity index (χ2v) is 5.72. The van der Waals surface area contributed by atoms with E-state index in [0.717, 1.165) is 21.9 Å². The van der Waals surface area contributed by atoms with E-state index < -0.39 is 0 Å². The Morgan fingerprint density at radius 2 is 2.00 bits per heavy atom. The number of hydrogen-bond acceptors (Lipinski definition) is 5. The molecule has 0 atom stereocenters. The van der Waals surface area contributed by atoms with Crippen LogP contribution in [0.3, 0.4) is 0 Å². The van der Waals surface area contributed by atoms with Gasteiger partial charge in [0.2, 0.25) is 0 Å². The van der Waals surface area contributed by atoms with Crippen molar-refractivity contribution in [3.05, 3.63) is 48.9 Å². The maximum Gasteiger partial charge on any atom is 0.143 e. The van der Waals surface area contributed by atoms with Gasteiger partial charge < -0.3 is 9.88 Å². The molecule has 0 spiro atoms. The molecule has 4 aromatic rings. The normalized spacial score (nSPS) is 11.2. The first-order chi connectivity index (χ1) is 11.3. The Balaban J connectivity index is 1.79. The van der Waals surface area contributed by atoms with E-state index in [0.29, 0.717) is 16.5 Å². The molecule has 0 unspecified atom stereocenters. The average Bonchev–Trinajstić information content (AvgIpc) is 2.88. The van der Waals surface area contributed by atoms with Crippen molar-refractivity contribution in [2.24, 2.45) is 7.05 Å². The number of rotatable bonds is 3. The van der Waals surface area contributed by atoms with Crippen LogP contribution < -0.4 is 5.32 Å². The van der Waals surface area contributed by atoms with E-state index in [4.69, 9.17) is 0 Å². The minimum Gasteiger partial charge on any atom is -0.328 e. The summed E-state index contributed by atoms with van der Waals surface area (Å²) in [7, 11) is 1.97. The zero-order chi connectivity index (χ0) is 15.8. The number of aromatic nitrogens is 4. The molecule has 4 rings (SSSR count). The third kappa shape index (κ3) is 2.39. The van der Waals surface area contributed by atoms with E-state index in [1.54, 1.807) is 24.5 Å². The van der Waals surface area contributed by atoms with E-state index in [9.17, 15) is 3.89 Å². The minimum atomic E-state index is 0.190. The molecule has 0 aliphatic heterocycles. The highest BCUT2D eigenvalue weighted by molar-refractivity contribution is 7.94. The SMILES string of the molecule is Cn1c2ccncc2c2ccc(Nc3cc(SF)ccn3)nc21. The van der Waals surface area contributed by atoms with E-state index in [1.165, 1.54) is 0 Å². The smallest absolute Gasteiger partial charge is 0.143 e. The first-order valence-electron chi connectivity index (χ1n) is 6.97. The van der Waals surface area contributed by atoms with Gasteiger partial charge in [-0.05, 0) is 30.3 Å². The number of nitrogens with one attached hydrogen (secondary N) is 1. The highest BCUT2D eigenvalue weighted by Gasteiger charge is 2.10. The summed E-state index contributed by atoms with van der Waals surface area (Å²) in [5.74, 6) is 1.21. The Morgan fingerprint density at radius 1 is 1.09 bits per heavy atom. The molecule has 0 saturated heterocycles.